The minimum absolute atomic E-state index is 0. The van der Waals surface area contributed by atoms with Crippen LogP contribution in [0.2, 0.25) is 0 Å². The Balaban J connectivity index is -0.0000000800. The van der Waals surface area contributed by atoms with Gasteiger partial charge < -0.3 is 14.6 Å². The molecule has 0 saturated heterocycles. The minimum atomic E-state index is -5.17. The third-order valence-corrected chi connectivity index (χ3v) is 0. The zero-order valence-electron chi connectivity index (χ0n) is 3.04. The first kappa shape index (κ1) is 15.6. The van der Waals surface area contributed by atoms with Gasteiger partial charge in [-0.05, 0) is 0 Å². The van der Waals surface area contributed by atoms with E-state index in [9.17, 15) is 0 Å². The van der Waals surface area contributed by atoms with Gasteiger partial charge in [-0.15, -0.1) is 0 Å². The van der Waals surface area contributed by atoms with Gasteiger partial charge in [-0.25, -0.2) is 0 Å². The van der Waals surface area contributed by atoms with E-state index in [-0.39, 0.29) is 27.2 Å². The van der Waals surface area contributed by atoms with Gasteiger partial charge in [0.25, 0.3) is 0 Å². The molecule has 0 spiro atoms. The van der Waals surface area contributed by atoms with Gasteiger partial charge in [0.15, 0.2) is 0 Å². The van der Waals surface area contributed by atoms with Crippen LogP contribution in [0.4, 0.5) is 0 Å². The van der Waals surface area contributed by atoms with Gasteiger partial charge >= 0.3 is 21.7 Å². The van der Waals surface area contributed by atoms with Crippen LogP contribution in [-0.2, 0) is 32.1 Å². The van der Waals surface area contributed by atoms with Crippen molar-refractivity contribution in [3.63, 3.8) is 0 Å². The molecule has 0 bridgehead atoms. The van der Waals surface area contributed by atoms with E-state index >= 15 is 0 Å². The second-order valence-electron chi connectivity index (χ2n) is 0.408. The minimum Gasteiger partial charge on any atom is -0.759 e. The molecule has 0 unspecified atom stereocenters. The molecule has 0 aliphatic rings. The zero-order valence-corrected chi connectivity index (χ0v) is 5.42. The van der Waals surface area contributed by atoms with Gasteiger partial charge in [-0.2, -0.15) is 0 Å². The van der Waals surface area contributed by atoms with E-state index in [1.54, 1.807) is 0 Å². The smallest absolute Gasteiger partial charge is 0.759 e. The first-order valence-electron chi connectivity index (χ1n) is 0.667. The number of hydrogen-bond acceptors (Lipinski definition) is 4. The molecule has 0 aliphatic heterocycles. The van der Waals surface area contributed by atoms with Crippen molar-refractivity contribution in [3.05, 3.63) is 0 Å². The van der Waals surface area contributed by atoms with E-state index in [0.717, 1.165) is 0 Å². The molecule has 0 aromatic rings. The van der Waals surface area contributed by atoms with Crippen LogP contribution in [0.15, 0.2) is 0 Å². The summed E-state index contributed by atoms with van der Waals surface area (Å²) in [6.45, 7) is 0. The van der Waals surface area contributed by atoms with Crippen LogP contribution in [0.25, 0.3) is 0 Å². The Morgan fingerprint density at radius 3 is 1.14 bits per heavy atom. The van der Waals surface area contributed by atoms with E-state index < -0.39 is 10.4 Å². The summed E-state index contributed by atoms with van der Waals surface area (Å²) in [5.74, 6) is 0. The van der Waals surface area contributed by atoms with Gasteiger partial charge in [-0.1, -0.05) is 0 Å². The molecular weight excluding hydrogens is 160 g/mol. The van der Waals surface area contributed by atoms with Crippen LogP contribution in [0.3, 0.4) is 0 Å². The van der Waals surface area contributed by atoms with Crippen LogP contribution in [0, 0.1) is 0 Å². The van der Waals surface area contributed by atoms with E-state index in [0.29, 0.717) is 0 Å². The zero-order chi connectivity index (χ0) is 4.50. The Labute approximate surface area is 55.5 Å². The Kier molecular flexibility index (Phi) is 10.5. The molecule has 0 heterocycles. The fourth-order valence-electron chi connectivity index (χ4n) is 0. The second-order valence-corrected chi connectivity index (χ2v) is 1.22. The summed E-state index contributed by atoms with van der Waals surface area (Å²) in [6.07, 6.45) is 0. The van der Waals surface area contributed by atoms with Crippen LogP contribution >= 0.6 is 0 Å². The van der Waals surface area contributed by atoms with Crippen molar-refractivity contribution in [3.8, 4) is 0 Å². The maximum atomic E-state index is 8.52. The molecule has 0 fully saturated rings. The Hall–Kier alpha value is 0.544. The molecule has 2 N–H and O–H groups in total. The van der Waals surface area contributed by atoms with Gasteiger partial charge in [0.05, 0.1) is 0 Å². The molecule has 0 rings (SSSR count). The molecular formula is H2O5STi. The summed E-state index contributed by atoms with van der Waals surface area (Å²) in [6, 6.07) is 0. The first-order valence-corrected chi connectivity index (χ1v) is 2.00. The van der Waals surface area contributed by atoms with Gasteiger partial charge in [-0.3, -0.25) is 8.42 Å². The molecule has 0 amide bonds. The predicted octanol–water partition coefficient (Wildman–Crippen LogP) is -2.17. The van der Waals surface area contributed by atoms with Crippen molar-refractivity contribution < 1.29 is 44.7 Å². The maximum Gasteiger partial charge on any atom is 2.00 e. The van der Waals surface area contributed by atoms with Crippen LogP contribution in [-0.4, -0.2) is 23.0 Å². The fourth-order valence-corrected chi connectivity index (χ4v) is 0. The van der Waals surface area contributed by atoms with Crippen molar-refractivity contribution in [2.75, 3.05) is 0 Å². The summed E-state index contributed by atoms with van der Waals surface area (Å²) >= 11 is 0. The predicted molar refractivity (Wildman–Crippen MR) is 14.1 cm³/mol. The van der Waals surface area contributed by atoms with E-state index in [2.05, 4.69) is 0 Å². The number of rotatable bonds is 0. The summed E-state index contributed by atoms with van der Waals surface area (Å²) in [4.78, 5) is 0. The summed E-state index contributed by atoms with van der Waals surface area (Å²) in [7, 11) is -5.17. The van der Waals surface area contributed by atoms with Crippen molar-refractivity contribution in [2.24, 2.45) is 0 Å². The Morgan fingerprint density at radius 2 is 1.14 bits per heavy atom. The topological polar surface area (TPSA) is 112 Å². The van der Waals surface area contributed by atoms with Crippen LogP contribution in [0.5, 0.6) is 0 Å². The van der Waals surface area contributed by atoms with Gasteiger partial charge in [0.1, 0.15) is 0 Å². The SMILES string of the molecule is O.O=S(=O)([O-])[O-].[Ti+2]. The standard InChI is InChI=1S/H2O4S.H2O.Ti/c1-5(2,3)4;;/h(H2,1,2,3,4);1H2;/q;;+2/p-2. The normalized spacial score (nSPS) is 8.29. The molecule has 0 aromatic carbocycles. The summed E-state index contributed by atoms with van der Waals surface area (Å²) in [5, 5.41) is 0. The van der Waals surface area contributed by atoms with Crippen LogP contribution in [0.1, 0.15) is 0 Å². The Morgan fingerprint density at radius 1 is 1.14 bits per heavy atom. The Bertz CT molecular complexity index is 91.2. The monoisotopic (exact) mass is 162 g/mol. The quantitative estimate of drug-likeness (QED) is 0.229. The summed E-state index contributed by atoms with van der Waals surface area (Å²) < 4.78 is 34.1. The molecule has 5 nitrogen and oxygen atoms in total. The van der Waals surface area contributed by atoms with Crippen molar-refractivity contribution >= 4 is 10.4 Å². The molecule has 0 radical (unpaired) electrons. The fraction of sp³-hybridized carbons (Fsp3) is 0. The van der Waals surface area contributed by atoms with Crippen molar-refractivity contribution in [2.45, 2.75) is 0 Å². The van der Waals surface area contributed by atoms with Crippen LogP contribution < -0.4 is 0 Å². The van der Waals surface area contributed by atoms with Crippen molar-refractivity contribution in [1.29, 1.82) is 0 Å². The van der Waals surface area contributed by atoms with E-state index in [1.807, 2.05) is 0 Å². The maximum absolute atomic E-state index is 8.52. The average Bonchev–Trinajstić information content (AvgIpc) is 0.722. The first-order chi connectivity index (χ1) is 2.00. The molecule has 0 saturated carbocycles. The molecule has 7 heteroatoms. The van der Waals surface area contributed by atoms with Gasteiger partial charge in [0.2, 0.25) is 0 Å². The molecule has 0 aromatic heterocycles. The van der Waals surface area contributed by atoms with E-state index in [4.69, 9.17) is 17.5 Å². The third kappa shape index (κ3) is 456. The van der Waals surface area contributed by atoms with E-state index in [1.165, 1.54) is 0 Å². The molecule has 0 aliphatic carbocycles. The number of hydrogen-bond donors (Lipinski definition) is 0. The second kappa shape index (κ2) is 4.70. The largest absolute Gasteiger partial charge is 2.00 e. The average molecular weight is 162 g/mol. The third-order valence-electron chi connectivity index (χ3n) is 0. The molecule has 42 valence electrons. The summed E-state index contributed by atoms with van der Waals surface area (Å²) in [5.41, 5.74) is 0. The van der Waals surface area contributed by atoms with Gasteiger partial charge in [0, 0.05) is 10.4 Å². The molecule has 7 heavy (non-hydrogen) atoms. The van der Waals surface area contributed by atoms with Crippen molar-refractivity contribution in [1.82, 2.24) is 0 Å². The molecule has 0 atom stereocenters.